The number of Topliss-reactive ketones (excluding diaryl/α,β-unsaturated/α-hetero) is 1. The van der Waals surface area contributed by atoms with E-state index in [0.29, 0.717) is 13.2 Å². The molecule has 2 aliphatic rings. The van der Waals surface area contributed by atoms with Crippen LogP contribution < -0.4 is 0 Å². The molecule has 0 bridgehead atoms. The summed E-state index contributed by atoms with van der Waals surface area (Å²) in [6.45, 7) is 1.38. The van der Waals surface area contributed by atoms with Crippen molar-refractivity contribution in [3.63, 3.8) is 0 Å². The van der Waals surface area contributed by atoms with Crippen LogP contribution in [0, 0.1) is 5.92 Å². The molecule has 80 valence electrons. The number of hydrogen-bond acceptors (Lipinski definition) is 3. The number of ether oxygens (including phenoxy) is 2. The van der Waals surface area contributed by atoms with Crippen molar-refractivity contribution in [1.29, 1.82) is 0 Å². The smallest absolute Gasteiger partial charge is 0.168 e. The number of alkyl halides is 1. The Morgan fingerprint density at radius 1 is 1.29 bits per heavy atom. The highest BCUT2D eigenvalue weighted by atomic mass is 35.5. The first kappa shape index (κ1) is 10.4. The fourth-order valence-electron chi connectivity index (χ4n) is 2.27. The molecule has 0 aromatic carbocycles. The zero-order valence-corrected chi connectivity index (χ0v) is 8.89. The van der Waals surface area contributed by atoms with Crippen LogP contribution in [0.3, 0.4) is 0 Å². The summed E-state index contributed by atoms with van der Waals surface area (Å²) >= 11 is 5.52. The first-order chi connectivity index (χ1) is 6.76. The largest absolute Gasteiger partial charge is 0.348 e. The predicted molar refractivity (Wildman–Crippen MR) is 52.3 cm³/mol. The van der Waals surface area contributed by atoms with Gasteiger partial charge in [0, 0.05) is 18.8 Å². The summed E-state index contributed by atoms with van der Waals surface area (Å²) in [7, 11) is 0. The van der Waals surface area contributed by atoms with E-state index in [-0.39, 0.29) is 23.4 Å². The quantitative estimate of drug-likeness (QED) is 0.663. The van der Waals surface area contributed by atoms with Crippen molar-refractivity contribution >= 4 is 17.4 Å². The van der Waals surface area contributed by atoms with E-state index in [0.717, 1.165) is 25.7 Å². The average Bonchev–Trinajstić information content (AvgIpc) is 2.67. The fraction of sp³-hybridized carbons (Fsp3) is 0.900. The molecule has 0 N–H and O–H groups in total. The molecule has 14 heavy (non-hydrogen) atoms. The van der Waals surface area contributed by atoms with Crippen molar-refractivity contribution in [3.8, 4) is 0 Å². The molecule has 0 amide bonds. The summed E-state index contributed by atoms with van der Waals surface area (Å²) < 4.78 is 11.2. The molecule has 0 radical (unpaired) electrons. The first-order valence-corrected chi connectivity index (χ1v) is 5.66. The standard InChI is InChI=1S/C10H15ClO3/c11-7-9(12)8-1-3-10(4-2-8)13-5-6-14-10/h8H,1-7H2. The Morgan fingerprint density at radius 2 is 1.86 bits per heavy atom. The van der Waals surface area contributed by atoms with E-state index < -0.39 is 0 Å². The zero-order chi connectivity index (χ0) is 10.0. The lowest BCUT2D eigenvalue weighted by Crippen LogP contribution is -2.37. The highest BCUT2D eigenvalue weighted by Gasteiger charge is 2.41. The Morgan fingerprint density at radius 3 is 2.36 bits per heavy atom. The molecular formula is C10H15ClO3. The van der Waals surface area contributed by atoms with E-state index in [1.165, 1.54) is 0 Å². The molecule has 1 aliphatic carbocycles. The number of hydrogen-bond donors (Lipinski definition) is 0. The second-order valence-electron chi connectivity index (χ2n) is 3.98. The van der Waals surface area contributed by atoms with E-state index in [9.17, 15) is 4.79 Å². The van der Waals surface area contributed by atoms with E-state index in [2.05, 4.69) is 0 Å². The molecule has 1 saturated heterocycles. The van der Waals surface area contributed by atoms with E-state index >= 15 is 0 Å². The van der Waals surface area contributed by atoms with Gasteiger partial charge in [0.15, 0.2) is 11.6 Å². The van der Waals surface area contributed by atoms with Crippen LogP contribution in [-0.2, 0) is 14.3 Å². The minimum Gasteiger partial charge on any atom is -0.348 e. The van der Waals surface area contributed by atoms with Crippen LogP contribution in [0.2, 0.25) is 0 Å². The highest BCUT2D eigenvalue weighted by Crippen LogP contribution is 2.38. The van der Waals surface area contributed by atoms with Crippen LogP contribution in [0.15, 0.2) is 0 Å². The molecule has 4 heteroatoms. The van der Waals surface area contributed by atoms with Gasteiger partial charge in [0.2, 0.25) is 0 Å². The molecule has 0 atom stereocenters. The topological polar surface area (TPSA) is 35.5 Å². The number of carbonyl (C=O) groups excluding carboxylic acids is 1. The first-order valence-electron chi connectivity index (χ1n) is 5.12. The van der Waals surface area contributed by atoms with Gasteiger partial charge in [-0.2, -0.15) is 0 Å². The molecule has 3 nitrogen and oxygen atoms in total. The van der Waals surface area contributed by atoms with Gasteiger partial charge in [-0.25, -0.2) is 0 Å². The third-order valence-electron chi connectivity index (χ3n) is 3.15. The van der Waals surface area contributed by atoms with Crippen LogP contribution in [0.1, 0.15) is 25.7 Å². The maximum absolute atomic E-state index is 11.4. The minimum atomic E-state index is -0.358. The molecular weight excluding hydrogens is 204 g/mol. The van der Waals surface area contributed by atoms with Crippen molar-refractivity contribution in [2.45, 2.75) is 31.5 Å². The third-order valence-corrected chi connectivity index (χ3v) is 3.41. The molecule has 1 heterocycles. The summed E-state index contributed by atoms with van der Waals surface area (Å²) in [5.41, 5.74) is 0. The maximum Gasteiger partial charge on any atom is 0.168 e. The molecule has 0 aromatic heterocycles. The Hall–Kier alpha value is -0.120. The minimum absolute atomic E-state index is 0.130. The second kappa shape index (κ2) is 4.17. The number of ketones is 1. The van der Waals surface area contributed by atoms with Crippen molar-refractivity contribution < 1.29 is 14.3 Å². The Balaban J connectivity index is 1.88. The SMILES string of the molecule is O=C(CCl)C1CCC2(CC1)OCCO2. The van der Waals surface area contributed by atoms with Gasteiger partial charge in [0.1, 0.15) is 0 Å². The molecule has 1 spiro atoms. The van der Waals surface area contributed by atoms with Crippen LogP contribution >= 0.6 is 11.6 Å². The van der Waals surface area contributed by atoms with E-state index in [4.69, 9.17) is 21.1 Å². The molecule has 1 saturated carbocycles. The lowest BCUT2D eigenvalue weighted by Gasteiger charge is -2.34. The lowest BCUT2D eigenvalue weighted by atomic mass is 9.83. The van der Waals surface area contributed by atoms with Gasteiger partial charge in [-0.15, -0.1) is 11.6 Å². The van der Waals surface area contributed by atoms with Crippen molar-refractivity contribution in [3.05, 3.63) is 0 Å². The monoisotopic (exact) mass is 218 g/mol. The van der Waals surface area contributed by atoms with Crippen LogP contribution in [0.4, 0.5) is 0 Å². The summed E-state index contributed by atoms with van der Waals surface area (Å²) in [4.78, 5) is 11.4. The molecule has 0 aromatic rings. The molecule has 0 unspecified atom stereocenters. The molecule has 1 aliphatic heterocycles. The number of rotatable bonds is 2. The Labute approximate surface area is 88.7 Å². The predicted octanol–water partition coefficient (Wildman–Crippen LogP) is 1.73. The number of carbonyl (C=O) groups is 1. The van der Waals surface area contributed by atoms with Gasteiger partial charge in [-0.3, -0.25) is 4.79 Å². The van der Waals surface area contributed by atoms with Gasteiger partial charge in [-0.05, 0) is 12.8 Å². The van der Waals surface area contributed by atoms with Crippen LogP contribution in [0.5, 0.6) is 0 Å². The van der Waals surface area contributed by atoms with E-state index in [1.807, 2.05) is 0 Å². The van der Waals surface area contributed by atoms with Gasteiger partial charge in [0.25, 0.3) is 0 Å². The number of halogens is 1. The van der Waals surface area contributed by atoms with Crippen LogP contribution in [-0.4, -0.2) is 30.7 Å². The van der Waals surface area contributed by atoms with Gasteiger partial charge < -0.3 is 9.47 Å². The van der Waals surface area contributed by atoms with Gasteiger partial charge in [0.05, 0.1) is 19.1 Å². The third kappa shape index (κ3) is 1.95. The summed E-state index contributed by atoms with van der Waals surface area (Å²) in [5, 5.41) is 0. The zero-order valence-electron chi connectivity index (χ0n) is 8.13. The fourth-order valence-corrected chi connectivity index (χ4v) is 2.49. The van der Waals surface area contributed by atoms with E-state index in [1.54, 1.807) is 0 Å². The average molecular weight is 219 g/mol. The summed E-state index contributed by atoms with van der Waals surface area (Å²) in [6.07, 6.45) is 3.37. The normalized spacial score (nSPS) is 26.9. The van der Waals surface area contributed by atoms with Crippen molar-refractivity contribution in [2.75, 3.05) is 19.1 Å². The van der Waals surface area contributed by atoms with Crippen molar-refractivity contribution in [1.82, 2.24) is 0 Å². The summed E-state index contributed by atoms with van der Waals surface area (Å²) in [6, 6.07) is 0. The van der Waals surface area contributed by atoms with Crippen molar-refractivity contribution in [2.24, 2.45) is 5.92 Å². The van der Waals surface area contributed by atoms with Gasteiger partial charge >= 0.3 is 0 Å². The Bertz CT molecular complexity index is 213. The highest BCUT2D eigenvalue weighted by molar-refractivity contribution is 6.27. The second-order valence-corrected chi connectivity index (χ2v) is 4.25. The molecule has 2 rings (SSSR count). The maximum atomic E-state index is 11.4. The Kier molecular flexibility index (Phi) is 3.10. The van der Waals surface area contributed by atoms with Crippen LogP contribution in [0.25, 0.3) is 0 Å². The van der Waals surface area contributed by atoms with Gasteiger partial charge in [-0.1, -0.05) is 0 Å². The summed E-state index contributed by atoms with van der Waals surface area (Å²) in [5.74, 6) is 0.0769. The molecule has 2 fully saturated rings. The lowest BCUT2D eigenvalue weighted by molar-refractivity contribution is -0.183.